The summed E-state index contributed by atoms with van der Waals surface area (Å²) in [5, 5.41) is 14.3. The lowest BCUT2D eigenvalue weighted by Crippen LogP contribution is -2.45. The Bertz CT molecular complexity index is 724. The van der Waals surface area contributed by atoms with Gasteiger partial charge in [0.25, 0.3) is 0 Å². The fraction of sp³-hybridized carbons (Fsp3) is 0.476. The zero-order chi connectivity index (χ0) is 19.7. The van der Waals surface area contributed by atoms with Gasteiger partial charge in [0.05, 0.1) is 6.61 Å². The molecule has 1 aromatic heterocycles. The minimum Gasteiger partial charge on any atom is -0.489 e. The van der Waals surface area contributed by atoms with Crippen molar-refractivity contribution in [1.82, 2.24) is 5.16 Å². The average Bonchev–Trinajstić information content (AvgIpc) is 3.11. The first kappa shape index (κ1) is 21.2. The van der Waals surface area contributed by atoms with E-state index >= 15 is 0 Å². The average molecular weight is 374 g/mol. The van der Waals surface area contributed by atoms with E-state index in [0.29, 0.717) is 30.5 Å². The molecule has 0 saturated heterocycles. The Morgan fingerprint density at radius 3 is 2.85 bits per heavy atom. The van der Waals surface area contributed by atoms with E-state index in [1.807, 2.05) is 42.5 Å². The van der Waals surface area contributed by atoms with E-state index < -0.39 is 5.72 Å². The highest BCUT2D eigenvalue weighted by atomic mass is 16.5. The van der Waals surface area contributed by atoms with Gasteiger partial charge in [-0.1, -0.05) is 43.6 Å². The second kappa shape index (κ2) is 10.3. The van der Waals surface area contributed by atoms with Crippen molar-refractivity contribution in [2.75, 3.05) is 13.7 Å². The molecule has 2 atom stereocenters. The lowest BCUT2D eigenvalue weighted by molar-refractivity contribution is -0.0111. The number of hydrogen-bond acceptors (Lipinski definition) is 6. The third-order valence-electron chi connectivity index (χ3n) is 4.46. The number of nitrogens with two attached hydrogens (primary N) is 1. The number of methoxy groups -OCH3 is 1. The van der Waals surface area contributed by atoms with Crippen LogP contribution in [0.25, 0.3) is 12.2 Å². The topological polar surface area (TPSA) is 90.7 Å². The van der Waals surface area contributed by atoms with Gasteiger partial charge in [-0.25, -0.2) is 0 Å². The van der Waals surface area contributed by atoms with Crippen LogP contribution in [0.2, 0.25) is 0 Å². The number of hydrogen-bond donors (Lipinski definition) is 2. The number of benzene rings is 1. The summed E-state index contributed by atoms with van der Waals surface area (Å²) in [6.45, 7) is 4.72. The third-order valence-corrected chi connectivity index (χ3v) is 4.46. The predicted octanol–water partition coefficient (Wildman–Crippen LogP) is 3.84. The standard InChI is InChI=1S/C21H30N2O4/c1-4-16(2)11-12-21(22,24)15-26-20-8-6-5-7-17(20)9-10-19-13-18(14-25-3)23-27-19/h5-10,13,16,24H,4,11-12,14-15,22H2,1-3H3. The molecule has 1 heterocycles. The van der Waals surface area contributed by atoms with E-state index in [-0.39, 0.29) is 6.61 Å². The second-order valence-corrected chi connectivity index (χ2v) is 6.97. The van der Waals surface area contributed by atoms with Crippen LogP contribution in [0, 0.1) is 5.92 Å². The molecular weight excluding hydrogens is 344 g/mol. The van der Waals surface area contributed by atoms with Crippen molar-refractivity contribution in [3.63, 3.8) is 0 Å². The van der Waals surface area contributed by atoms with Crippen LogP contribution in [0.15, 0.2) is 34.9 Å². The molecule has 2 aromatic rings. The first-order valence-corrected chi connectivity index (χ1v) is 9.29. The first-order chi connectivity index (χ1) is 12.9. The van der Waals surface area contributed by atoms with Gasteiger partial charge < -0.3 is 24.8 Å². The van der Waals surface area contributed by atoms with Gasteiger partial charge in [0.15, 0.2) is 5.76 Å². The lowest BCUT2D eigenvalue weighted by atomic mass is 9.98. The van der Waals surface area contributed by atoms with Crippen molar-refractivity contribution >= 4 is 12.2 Å². The van der Waals surface area contributed by atoms with E-state index in [1.54, 1.807) is 7.11 Å². The van der Waals surface area contributed by atoms with Crippen molar-refractivity contribution in [3.05, 3.63) is 47.3 Å². The molecule has 0 bridgehead atoms. The Kier molecular flexibility index (Phi) is 8.03. The monoisotopic (exact) mass is 374 g/mol. The maximum atomic E-state index is 10.4. The maximum absolute atomic E-state index is 10.4. The summed E-state index contributed by atoms with van der Waals surface area (Å²) in [7, 11) is 1.61. The van der Waals surface area contributed by atoms with Gasteiger partial charge in [-0.05, 0) is 37.0 Å². The largest absolute Gasteiger partial charge is 0.489 e. The van der Waals surface area contributed by atoms with Gasteiger partial charge in [-0.2, -0.15) is 0 Å². The quantitative estimate of drug-likeness (QED) is 0.581. The Morgan fingerprint density at radius 2 is 2.11 bits per heavy atom. The van der Waals surface area contributed by atoms with Crippen LogP contribution in [-0.2, 0) is 11.3 Å². The summed E-state index contributed by atoms with van der Waals surface area (Å²) < 4.78 is 16.1. The number of nitrogens with zero attached hydrogens (tertiary/aromatic N) is 1. The highest BCUT2D eigenvalue weighted by Gasteiger charge is 2.23. The zero-order valence-electron chi connectivity index (χ0n) is 16.4. The molecule has 0 radical (unpaired) electrons. The van der Waals surface area contributed by atoms with Crippen LogP contribution < -0.4 is 10.5 Å². The molecule has 0 aliphatic rings. The molecule has 2 unspecified atom stereocenters. The first-order valence-electron chi connectivity index (χ1n) is 9.29. The van der Waals surface area contributed by atoms with Crippen LogP contribution in [-0.4, -0.2) is 29.7 Å². The molecule has 27 heavy (non-hydrogen) atoms. The van der Waals surface area contributed by atoms with Crippen molar-refractivity contribution < 1.29 is 19.1 Å². The Balaban J connectivity index is 1.99. The van der Waals surface area contributed by atoms with Crippen LogP contribution in [0.4, 0.5) is 0 Å². The molecule has 0 amide bonds. The highest BCUT2D eigenvalue weighted by Crippen LogP contribution is 2.23. The molecule has 0 saturated carbocycles. The lowest BCUT2D eigenvalue weighted by Gasteiger charge is -2.25. The summed E-state index contributed by atoms with van der Waals surface area (Å²) in [4.78, 5) is 0. The van der Waals surface area contributed by atoms with Gasteiger partial charge in [0, 0.05) is 18.7 Å². The summed E-state index contributed by atoms with van der Waals surface area (Å²) in [6, 6.07) is 9.39. The van der Waals surface area contributed by atoms with E-state index in [9.17, 15) is 5.11 Å². The van der Waals surface area contributed by atoms with E-state index in [1.165, 1.54) is 0 Å². The molecule has 148 valence electrons. The molecule has 1 aromatic carbocycles. The van der Waals surface area contributed by atoms with Crippen molar-refractivity contribution in [1.29, 1.82) is 0 Å². The normalized spacial score (nSPS) is 15.0. The van der Waals surface area contributed by atoms with Crippen molar-refractivity contribution in [2.24, 2.45) is 11.7 Å². The van der Waals surface area contributed by atoms with Gasteiger partial charge in [-0.3, -0.25) is 0 Å². The molecule has 6 nitrogen and oxygen atoms in total. The van der Waals surface area contributed by atoms with Gasteiger partial charge in [0.2, 0.25) is 0 Å². The van der Waals surface area contributed by atoms with Crippen LogP contribution in [0.3, 0.4) is 0 Å². The Labute approximate surface area is 161 Å². The SMILES string of the molecule is CCC(C)CCC(N)(O)COc1ccccc1C=Cc1cc(COC)no1. The molecule has 0 spiro atoms. The number of aromatic nitrogens is 1. The number of para-hydroxylation sites is 1. The highest BCUT2D eigenvalue weighted by molar-refractivity contribution is 5.70. The number of rotatable bonds is 11. The van der Waals surface area contributed by atoms with Gasteiger partial charge in [0.1, 0.15) is 23.8 Å². The fourth-order valence-electron chi connectivity index (χ4n) is 2.52. The summed E-state index contributed by atoms with van der Waals surface area (Å²) in [6.07, 6.45) is 6.12. The van der Waals surface area contributed by atoms with Gasteiger partial charge in [-0.15, -0.1) is 0 Å². The van der Waals surface area contributed by atoms with E-state index in [0.717, 1.165) is 24.1 Å². The molecule has 0 fully saturated rings. The van der Waals surface area contributed by atoms with Crippen LogP contribution in [0.5, 0.6) is 5.75 Å². The smallest absolute Gasteiger partial charge is 0.160 e. The molecule has 3 N–H and O–H groups in total. The molecular formula is C21H30N2O4. The minimum atomic E-state index is -1.35. The minimum absolute atomic E-state index is 0.0363. The maximum Gasteiger partial charge on any atom is 0.160 e. The second-order valence-electron chi connectivity index (χ2n) is 6.97. The van der Waals surface area contributed by atoms with E-state index in [4.69, 9.17) is 19.7 Å². The number of aliphatic hydroxyl groups is 1. The predicted molar refractivity (Wildman–Crippen MR) is 106 cm³/mol. The molecule has 6 heteroatoms. The summed E-state index contributed by atoms with van der Waals surface area (Å²) in [5.41, 5.74) is 6.24. The third kappa shape index (κ3) is 7.17. The van der Waals surface area contributed by atoms with Gasteiger partial charge >= 0.3 is 0 Å². The van der Waals surface area contributed by atoms with E-state index in [2.05, 4.69) is 19.0 Å². The summed E-state index contributed by atoms with van der Waals surface area (Å²) in [5.74, 6) is 1.80. The van der Waals surface area contributed by atoms with Crippen molar-refractivity contribution in [3.8, 4) is 5.75 Å². The van der Waals surface area contributed by atoms with Crippen LogP contribution >= 0.6 is 0 Å². The fourth-order valence-corrected chi connectivity index (χ4v) is 2.52. The summed E-state index contributed by atoms with van der Waals surface area (Å²) >= 11 is 0. The Morgan fingerprint density at radius 1 is 1.33 bits per heavy atom. The molecule has 0 aliphatic heterocycles. The molecule has 0 aliphatic carbocycles. The van der Waals surface area contributed by atoms with Crippen LogP contribution in [0.1, 0.15) is 50.1 Å². The zero-order valence-corrected chi connectivity index (χ0v) is 16.4. The van der Waals surface area contributed by atoms with Crippen molar-refractivity contribution in [2.45, 2.75) is 45.4 Å². The molecule has 2 rings (SSSR count). The Hall–Kier alpha value is -2.15. The number of ether oxygens (including phenoxy) is 2.